The van der Waals surface area contributed by atoms with E-state index in [1.165, 1.54) is 29.1 Å². The number of methoxy groups -OCH3 is 1. The summed E-state index contributed by atoms with van der Waals surface area (Å²) in [7, 11) is 2.94. The third kappa shape index (κ3) is 3.55. The van der Waals surface area contributed by atoms with Gasteiger partial charge in [0.1, 0.15) is 10.8 Å². The minimum Gasteiger partial charge on any atom is -0.469 e. The number of esters is 1. The zero-order chi connectivity index (χ0) is 15.6. The average molecular weight is 348 g/mol. The molecular weight excluding hydrogens is 337 g/mol. The maximum Gasteiger partial charge on any atom is 0.311 e. The Hall–Kier alpha value is -1.57. The second kappa shape index (κ2) is 6.46. The quantitative estimate of drug-likeness (QED) is 0.863. The summed E-state index contributed by atoms with van der Waals surface area (Å²) in [6, 6.07) is 1.47. The second-order valence-electron chi connectivity index (χ2n) is 4.08. The molecule has 0 saturated heterocycles. The highest BCUT2D eigenvalue weighted by Gasteiger charge is 2.17. The number of carbonyl (C=O) groups is 2. The van der Waals surface area contributed by atoms with Crippen molar-refractivity contribution in [2.45, 2.75) is 6.42 Å². The van der Waals surface area contributed by atoms with Crippen LogP contribution in [0.3, 0.4) is 0 Å². The molecule has 0 radical (unpaired) electrons. The van der Waals surface area contributed by atoms with Gasteiger partial charge < -0.3 is 9.30 Å². The van der Waals surface area contributed by atoms with Crippen molar-refractivity contribution < 1.29 is 14.3 Å². The molecule has 0 unspecified atom stereocenters. The van der Waals surface area contributed by atoms with E-state index in [0.717, 1.165) is 0 Å². The fourth-order valence-corrected chi connectivity index (χ4v) is 2.67. The Bertz CT molecular complexity index is 696. The van der Waals surface area contributed by atoms with E-state index < -0.39 is 0 Å². The van der Waals surface area contributed by atoms with E-state index >= 15 is 0 Å². The first kappa shape index (κ1) is 15.8. The SMILES string of the molecule is COC(=O)Cc1csc(NC(=O)c2cc(Cl)c(Cl)n2C)n1. The fraction of sp³-hybridized carbons (Fsp3) is 0.250. The number of thiazole rings is 1. The molecule has 2 heterocycles. The Labute approximate surface area is 134 Å². The normalized spacial score (nSPS) is 10.5. The summed E-state index contributed by atoms with van der Waals surface area (Å²) in [5.74, 6) is -0.774. The van der Waals surface area contributed by atoms with E-state index in [2.05, 4.69) is 15.0 Å². The molecule has 0 fully saturated rings. The number of halogens is 2. The smallest absolute Gasteiger partial charge is 0.311 e. The number of anilines is 1. The van der Waals surface area contributed by atoms with Crippen molar-refractivity contribution in [3.05, 3.63) is 33.0 Å². The van der Waals surface area contributed by atoms with E-state index in [-0.39, 0.29) is 23.5 Å². The summed E-state index contributed by atoms with van der Waals surface area (Å²) in [6.07, 6.45) is 0.0602. The highest BCUT2D eigenvalue weighted by atomic mass is 35.5. The van der Waals surface area contributed by atoms with E-state index in [4.69, 9.17) is 23.2 Å². The van der Waals surface area contributed by atoms with Crippen molar-refractivity contribution in [2.75, 3.05) is 12.4 Å². The molecule has 0 aliphatic carbocycles. The molecule has 2 rings (SSSR count). The molecule has 2 aromatic rings. The Balaban J connectivity index is 2.09. The van der Waals surface area contributed by atoms with Crippen LogP contribution in [0.25, 0.3) is 0 Å². The van der Waals surface area contributed by atoms with Crippen molar-refractivity contribution in [3.63, 3.8) is 0 Å². The lowest BCUT2D eigenvalue weighted by Crippen LogP contribution is -2.15. The van der Waals surface area contributed by atoms with E-state index in [1.54, 1.807) is 12.4 Å². The lowest BCUT2D eigenvalue weighted by atomic mass is 10.3. The second-order valence-corrected chi connectivity index (χ2v) is 5.70. The Kier molecular flexibility index (Phi) is 4.87. The highest BCUT2D eigenvalue weighted by molar-refractivity contribution is 7.14. The number of rotatable bonds is 4. The van der Waals surface area contributed by atoms with Crippen LogP contribution >= 0.6 is 34.5 Å². The van der Waals surface area contributed by atoms with Crippen LogP contribution < -0.4 is 5.32 Å². The lowest BCUT2D eigenvalue weighted by Gasteiger charge is -2.03. The van der Waals surface area contributed by atoms with Gasteiger partial charge in [0.2, 0.25) is 0 Å². The van der Waals surface area contributed by atoms with Gasteiger partial charge in [0.15, 0.2) is 5.13 Å². The monoisotopic (exact) mass is 347 g/mol. The van der Waals surface area contributed by atoms with Gasteiger partial charge in [-0.2, -0.15) is 0 Å². The van der Waals surface area contributed by atoms with Gasteiger partial charge in [0, 0.05) is 12.4 Å². The number of nitrogens with zero attached hydrogens (tertiary/aromatic N) is 2. The van der Waals surface area contributed by atoms with Crippen LogP contribution in [0.2, 0.25) is 10.2 Å². The van der Waals surface area contributed by atoms with Gasteiger partial charge in [-0.25, -0.2) is 4.98 Å². The number of carbonyl (C=O) groups excluding carboxylic acids is 2. The molecular formula is C12H11Cl2N3O3S. The van der Waals surface area contributed by atoms with Crippen LogP contribution in [0.4, 0.5) is 5.13 Å². The van der Waals surface area contributed by atoms with Crippen molar-refractivity contribution in [3.8, 4) is 0 Å². The summed E-state index contributed by atoms with van der Waals surface area (Å²) >= 11 is 13.0. The van der Waals surface area contributed by atoms with Crippen LogP contribution in [0.5, 0.6) is 0 Å². The molecule has 1 N–H and O–H groups in total. The minimum absolute atomic E-state index is 0.0602. The Morgan fingerprint density at radius 1 is 1.48 bits per heavy atom. The van der Waals surface area contributed by atoms with E-state index in [9.17, 15) is 9.59 Å². The highest BCUT2D eigenvalue weighted by Crippen LogP contribution is 2.26. The van der Waals surface area contributed by atoms with E-state index in [0.29, 0.717) is 21.5 Å². The zero-order valence-electron chi connectivity index (χ0n) is 11.1. The predicted molar refractivity (Wildman–Crippen MR) is 81.2 cm³/mol. The van der Waals surface area contributed by atoms with Crippen molar-refractivity contribution in [1.82, 2.24) is 9.55 Å². The number of hydrogen-bond acceptors (Lipinski definition) is 5. The molecule has 2 aromatic heterocycles. The fourth-order valence-electron chi connectivity index (χ4n) is 1.59. The molecule has 1 amide bonds. The summed E-state index contributed by atoms with van der Waals surface area (Å²) in [5, 5.41) is 5.27. The van der Waals surface area contributed by atoms with Gasteiger partial charge in [-0.15, -0.1) is 11.3 Å². The average Bonchev–Trinajstić information content (AvgIpc) is 2.98. The topological polar surface area (TPSA) is 73.2 Å². The molecule has 0 spiro atoms. The van der Waals surface area contributed by atoms with Gasteiger partial charge in [-0.3, -0.25) is 14.9 Å². The van der Waals surface area contributed by atoms with Crippen LogP contribution in [-0.2, 0) is 23.0 Å². The summed E-state index contributed by atoms with van der Waals surface area (Å²) in [5.41, 5.74) is 0.847. The van der Waals surface area contributed by atoms with Gasteiger partial charge in [0.05, 0.1) is 24.2 Å². The van der Waals surface area contributed by atoms with Gasteiger partial charge in [-0.05, 0) is 6.07 Å². The molecule has 9 heteroatoms. The molecule has 6 nitrogen and oxygen atoms in total. The number of nitrogens with one attached hydrogen (secondary N) is 1. The molecule has 0 aromatic carbocycles. The number of aromatic nitrogens is 2. The number of ether oxygens (including phenoxy) is 1. The molecule has 0 aliphatic heterocycles. The molecule has 0 saturated carbocycles. The maximum atomic E-state index is 12.1. The summed E-state index contributed by atoms with van der Waals surface area (Å²) in [4.78, 5) is 27.4. The number of amides is 1. The van der Waals surface area contributed by atoms with Crippen LogP contribution in [0, 0.1) is 0 Å². The first-order chi connectivity index (χ1) is 9.92. The third-order valence-corrected chi connectivity index (χ3v) is 4.32. The Morgan fingerprint density at radius 2 is 2.19 bits per heavy atom. The van der Waals surface area contributed by atoms with Gasteiger partial charge >= 0.3 is 5.97 Å². The number of hydrogen-bond donors (Lipinski definition) is 1. The molecule has 0 aliphatic rings. The van der Waals surface area contributed by atoms with Gasteiger partial charge in [0.25, 0.3) is 5.91 Å². The van der Waals surface area contributed by atoms with Crippen LogP contribution in [-0.4, -0.2) is 28.5 Å². The summed E-state index contributed by atoms with van der Waals surface area (Å²) < 4.78 is 6.03. The molecule has 21 heavy (non-hydrogen) atoms. The zero-order valence-corrected chi connectivity index (χ0v) is 13.5. The first-order valence-corrected chi connectivity index (χ1v) is 7.39. The van der Waals surface area contributed by atoms with Crippen molar-refractivity contribution >= 4 is 51.5 Å². The lowest BCUT2D eigenvalue weighted by molar-refractivity contribution is -0.139. The molecule has 112 valence electrons. The standard InChI is InChI=1S/C12H11Cl2N3O3S/c1-17-8(4-7(13)10(17)14)11(19)16-12-15-6(5-21-12)3-9(18)20-2/h4-5H,3H2,1-2H3,(H,15,16,19). The van der Waals surface area contributed by atoms with Crippen LogP contribution in [0.15, 0.2) is 11.4 Å². The largest absolute Gasteiger partial charge is 0.469 e. The predicted octanol–water partition coefficient (Wildman–Crippen LogP) is 2.76. The van der Waals surface area contributed by atoms with Crippen LogP contribution in [0.1, 0.15) is 16.2 Å². The molecule has 0 atom stereocenters. The maximum absolute atomic E-state index is 12.1. The van der Waals surface area contributed by atoms with Gasteiger partial charge in [-0.1, -0.05) is 23.2 Å². The molecule has 0 bridgehead atoms. The van der Waals surface area contributed by atoms with Crippen molar-refractivity contribution in [1.29, 1.82) is 0 Å². The van der Waals surface area contributed by atoms with E-state index in [1.807, 2.05) is 0 Å². The third-order valence-electron chi connectivity index (χ3n) is 2.67. The minimum atomic E-state index is -0.390. The summed E-state index contributed by atoms with van der Waals surface area (Å²) in [6.45, 7) is 0. The Morgan fingerprint density at radius 3 is 2.76 bits per heavy atom. The van der Waals surface area contributed by atoms with Crippen molar-refractivity contribution in [2.24, 2.45) is 7.05 Å². The first-order valence-electron chi connectivity index (χ1n) is 5.75.